The molecule has 0 heterocycles. The second-order valence-electron chi connectivity index (χ2n) is 5.42. The summed E-state index contributed by atoms with van der Waals surface area (Å²) in [6.45, 7) is 0. The van der Waals surface area contributed by atoms with E-state index in [0.717, 1.165) is 18.6 Å². The van der Waals surface area contributed by atoms with Crippen LogP contribution in [0.2, 0.25) is 0 Å². The molecular formula is C18H18O3. The third kappa shape index (κ3) is 3.24. The lowest BCUT2D eigenvalue weighted by molar-refractivity contribution is -0.136. The third-order valence-corrected chi connectivity index (χ3v) is 3.86. The Morgan fingerprint density at radius 3 is 2.62 bits per heavy atom. The van der Waals surface area contributed by atoms with E-state index in [-0.39, 0.29) is 6.42 Å². The van der Waals surface area contributed by atoms with Crippen LogP contribution in [0.5, 0.6) is 11.5 Å². The zero-order chi connectivity index (χ0) is 14.7. The van der Waals surface area contributed by atoms with Crippen LogP contribution in [-0.4, -0.2) is 11.1 Å². The maximum absolute atomic E-state index is 10.9. The minimum Gasteiger partial charge on any atom is -0.481 e. The van der Waals surface area contributed by atoms with Crippen LogP contribution in [0.3, 0.4) is 0 Å². The van der Waals surface area contributed by atoms with Crippen LogP contribution in [0.1, 0.15) is 29.5 Å². The molecule has 3 rings (SSSR count). The first-order valence-electron chi connectivity index (χ1n) is 7.32. The molecule has 0 saturated carbocycles. The molecule has 2 aromatic carbocycles. The smallest absolute Gasteiger partial charge is 0.307 e. The molecule has 1 aliphatic rings. The first-order valence-corrected chi connectivity index (χ1v) is 7.32. The van der Waals surface area contributed by atoms with Gasteiger partial charge in [-0.1, -0.05) is 24.3 Å². The van der Waals surface area contributed by atoms with Crippen LogP contribution in [0.15, 0.2) is 42.5 Å². The molecule has 0 amide bonds. The van der Waals surface area contributed by atoms with E-state index in [1.165, 1.54) is 24.0 Å². The number of benzene rings is 2. The van der Waals surface area contributed by atoms with Gasteiger partial charge in [-0.15, -0.1) is 0 Å². The Labute approximate surface area is 124 Å². The molecule has 1 aliphatic carbocycles. The molecule has 0 bridgehead atoms. The summed E-state index contributed by atoms with van der Waals surface area (Å²) in [5.74, 6) is 0.556. The molecule has 0 fully saturated rings. The summed E-state index contributed by atoms with van der Waals surface area (Å²) in [4.78, 5) is 10.9. The van der Waals surface area contributed by atoms with Gasteiger partial charge < -0.3 is 9.84 Å². The van der Waals surface area contributed by atoms with Gasteiger partial charge in [-0.3, -0.25) is 4.79 Å². The molecule has 21 heavy (non-hydrogen) atoms. The largest absolute Gasteiger partial charge is 0.481 e. The summed E-state index contributed by atoms with van der Waals surface area (Å²) >= 11 is 0. The second kappa shape index (κ2) is 6.00. The highest BCUT2D eigenvalue weighted by Crippen LogP contribution is 2.30. The fraction of sp³-hybridized carbons (Fsp3) is 0.278. The number of para-hydroxylation sites is 1. The van der Waals surface area contributed by atoms with Gasteiger partial charge in [0.2, 0.25) is 0 Å². The van der Waals surface area contributed by atoms with E-state index in [1.54, 1.807) is 6.07 Å². The van der Waals surface area contributed by atoms with Crippen LogP contribution >= 0.6 is 0 Å². The highest BCUT2D eigenvalue weighted by Gasteiger charge is 2.12. The molecule has 3 nitrogen and oxygen atoms in total. The van der Waals surface area contributed by atoms with E-state index in [1.807, 2.05) is 24.3 Å². The Bertz CT molecular complexity index is 661. The quantitative estimate of drug-likeness (QED) is 0.922. The lowest BCUT2D eigenvalue weighted by atomic mass is 9.92. The van der Waals surface area contributed by atoms with Crippen molar-refractivity contribution >= 4 is 5.97 Å². The summed E-state index contributed by atoms with van der Waals surface area (Å²) < 4.78 is 5.91. The summed E-state index contributed by atoms with van der Waals surface area (Å²) in [5.41, 5.74) is 3.46. The molecule has 0 aromatic heterocycles. The summed E-state index contributed by atoms with van der Waals surface area (Å²) in [6.07, 6.45) is 4.70. The minimum atomic E-state index is -0.850. The highest BCUT2D eigenvalue weighted by molar-refractivity contribution is 5.71. The Balaban J connectivity index is 1.85. The Morgan fingerprint density at radius 1 is 1.05 bits per heavy atom. The van der Waals surface area contributed by atoms with Gasteiger partial charge in [-0.05, 0) is 55.0 Å². The molecule has 0 saturated heterocycles. The topological polar surface area (TPSA) is 46.5 Å². The maximum atomic E-state index is 10.9. The van der Waals surface area contributed by atoms with Crippen LogP contribution in [0.25, 0.3) is 0 Å². The molecule has 108 valence electrons. The van der Waals surface area contributed by atoms with Gasteiger partial charge in [0.25, 0.3) is 0 Å². The highest BCUT2D eigenvalue weighted by atomic mass is 16.5. The fourth-order valence-corrected chi connectivity index (χ4v) is 2.81. The number of hydrogen-bond acceptors (Lipinski definition) is 2. The third-order valence-electron chi connectivity index (χ3n) is 3.86. The first-order chi connectivity index (χ1) is 10.2. The SMILES string of the molecule is O=C(O)Cc1ccccc1Oc1ccc2c(c1)CCCC2. The molecule has 0 aliphatic heterocycles. The molecular weight excluding hydrogens is 264 g/mol. The lowest BCUT2D eigenvalue weighted by Crippen LogP contribution is -2.03. The van der Waals surface area contributed by atoms with Gasteiger partial charge in [0.15, 0.2) is 0 Å². The van der Waals surface area contributed by atoms with Crippen molar-refractivity contribution in [3.8, 4) is 11.5 Å². The van der Waals surface area contributed by atoms with Crippen molar-refractivity contribution in [3.63, 3.8) is 0 Å². The van der Waals surface area contributed by atoms with Crippen LogP contribution in [0.4, 0.5) is 0 Å². The number of carboxylic acids is 1. The average molecular weight is 282 g/mol. The van der Waals surface area contributed by atoms with Gasteiger partial charge >= 0.3 is 5.97 Å². The Morgan fingerprint density at radius 2 is 1.81 bits per heavy atom. The van der Waals surface area contributed by atoms with Crippen molar-refractivity contribution in [2.45, 2.75) is 32.1 Å². The predicted octanol–water partition coefficient (Wildman–Crippen LogP) is 3.98. The number of rotatable bonds is 4. The van der Waals surface area contributed by atoms with Crippen LogP contribution in [0, 0.1) is 0 Å². The number of aryl methyl sites for hydroxylation is 2. The summed E-state index contributed by atoms with van der Waals surface area (Å²) in [6, 6.07) is 13.5. The maximum Gasteiger partial charge on any atom is 0.307 e. The summed E-state index contributed by atoms with van der Waals surface area (Å²) in [7, 11) is 0. The molecule has 1 N–H and O–H groups in total. The van der Waals surface area contributed by atoms with Gasteiger partial charge in [0.1, 0.15) is 11.5 Å². The van der Waals surface area contributed by atoms with Crippen molar-refractivity contribution < 1.29 is 14.6 Å². The van der Waals surface area contributed by atoms with Gasteiger partial charge in [0, 0.05) is 5.56 Å². The Kier molecular flexibility index (Phi) is 3.91. The van der Waals surface area contributed by atoms with Crippen LogP contribution < -0.4 is 4.74 Å². The molecule has 3 heteroatoms. The Hall–Kier alpha value is -2.29. The van der Waals surface area contributed by atoms with E-state index >= 15 is 0 Å². The summed E-state index contributed by atoms with van der Waals surface area (Å²) in [5, 5.41) is 8.96. The van der Waals surface area contributed by atoms with E-state index in [2.05, 4.69) is 12.1 Å². The van der Waals surface area contributed by atoms with E-state index in [0.29, 0.717) is 11.3 Å². The minimum absolute atomic E-state index is 0.0267. The zero-order valence-corrected chi connectivity index (χ0v) is 11.8. The van der Waals surface area contributed by atoms with Gasteiger partial charge in [0.05, 0.1) is 6.42 Å². The van der Waals surface area contributed by atoms with Crippen molar-refractivity contribution in [1.29, 1.82) is 0 Å². The van der Waals surface area contributed by atoms with Gasteiger partial charge in [-0.25, -0.2) is 0 Å². The van der Waals surface area contributed by atoms with E-state index in [4.69, 9.17) is 9.84 Å². The number of carboxylic acid groups (broad SMARTS) is 1. The molecule has 0 spiro atoms. The van der Waals surface area contributed by atoms with Gasteiger partial charge in [-0.2, -0.15) is 0 Å². The zero-order valence-electron chi connectivity index (χ0n) is 11.8. The normalized spacial score (nSPS) is 13.5. The molecule has 0 atom stereocenters. The standard InChI is InChI=1S/C18H18O3/c19-18(20)12-15-7-3-4-8-17(15)21-16-10-9-13-5-1-2-6-14(13)11-16/h3-4,7-11H,1-2,5-6,12H2,(H,19,20). The number of carbonyl (C=O) groups is 1. The van der Waals surface area contributed by atoms with Crippen LogP contribution in [-0.2, 0) is 24.1 Å². The molecule has 0 unspecified atom stereocenters. The van der Waals surface area contributed by atoms with E-state index in [9.17, 15) is 4.79 Å². The average Bonchev–Trinajstić information content (AvgIpc) is 2.49. The predicted molar refractivity (Wildman–Crippen MR) is 80.9 cm³/mol. The monoisotopic (exact) mass is 282 g/mol. The van der Waals surface area contributed by atoms with Crippen molar-refractivity contribution in [3.05, 3.63) is 59.2 Å². The first kappa shape index (κ1) is 13.7. The number of ether oxygens (including phenoxy) is 1. The lowest BCUT2D eigenvalue weighted by Gasteiger charge is -2.17. The van der Waals surface area contributed by atoms with Crippen molar-refractivity contribution in [2.24, 2.45) is 0 Å². The number of hydrogen-bond donors (Lipinski definition) is 1. The molecule has 2 aromatic rings. The molecule has 0 radical (unpaired) electrons. The fourth-order valence-electron chi connectivity index (χ4n) is 2.81. The second-order valence-corrected chi connectivity index (χ2v) is 5.42. The van der Waals surface area contributed by atoms with Crippen molar-refractivity contribution in [1.82, 2.24) is 0 Å². The number of aliphatic carboxylic acids is 1. The van der Waals surface area contributed by atoms with E-state index < -0.39 is 5.97 Å². The number of fused-ring (bicyclic) bond motifs is 1. The van der Waals surface area contributed by atoms with Crippen molar-refractivity contribution in [2.75, 3.05) is 0 Å².